The molecular formula is C38H44N2O6. The molecule has 2 saturated heterocycles. The molecule has 2 unspecified atom stereocenters. The first kappa shape index (κ1) is 32.1. The second-order valence-electron chi connectivity index (χ2n) is 12.3. The van der Waals surface area contributed by atoms with E-state index in [-0.39, 0.29) is 12.2 Å². The van der Waals surface area contributed by atoms with Crippen molar-refractivity contribution in [2.75, 3.05) is 65.7 Å². The van der Waals surface area contributed by atoms with Gasteiger partial charge in [-0.1, -0.05) is 84.9 Å². The Bertz CT molecular complexity index is 1490. The monoisotopic (exact) mass is 624 g/mol. The normalized spacial score (nSPS) is 18.8. The first-order valence-electron chi connectivity index (χ1n) is 16.6. The first-order chi connectivity index (χ1) is 22.6. The van der Waals surface area contributed by atoms with E-state index in [2.05, 4.69) is 94.7 Å². The molecule has 0 bridgehead atoms. The fraction of sp³-hybridized carbons (Fsp3) is 0.421. The van der Waals surface area contributed by atoms with Crippen LogP contribution < -0.4 is 0 Å². The molecule has 6 rings (SSSR count). The van der Waals surface area contributed by atoms with E-state index in [1.165, 1.54) is 32.7 Å². The van der Waals surface area contributed by atoms with Gasteiger partial charge >= 0.3 is 11.9 Å². The molecule has 2 aliphatic rings. The number of ether oxygens (including phenoxy) is 4. The highest BCUT2D eigenvalue weighted by Crippen LogP contribution is 2.18. The number of hydrogen-bond donors (Lipinski definition) is 0. The predicted octanol–water partition coefficient (Wildman–Crippen LogP) is 5.05. The van der Waals surface area contributed by atoms with Crippen LogP contribution in [0.1, 0.15) is 24.0 Å². The molecule has 0 spiro atoms. The Morgan fingerprint density at radius 1 is 0.565 bits per heavy atom. The van der Waals surface area contributed by atoms with E-state index in [0.717, 1.165) is 39.0 Å². The van der Waals surface area contributed by atoms with Crippen molar-refractivity contribution >= 4 is 33.5 Å². The number of nitrogens with zero attached hydrogens (tertiary/aromatic N) is 2. The molecule has 2 atom stereocenters. The smallest absolute Gasteiger partial charge is 0.417 e. The van der Waals surface area contributed by atoms with Crippen molar-refractivity contribution in [3.63, 3.8) is 0 Å². The van der Waals surface area contributed by atoms with E-state index >= 15 is 0 Å². The van der Waals surface area contributed by atoms with Gasteiger partial charge in [0, 0.05) is 39.3 Å². The van der Waals surface area contributed by atoms with E-state index < -0.39 is 11.9 Å². The van der Waals surface area contributed by atoms with Crippen LogP contribution in [-0.4, -0.2) is 99.6 Å². The molecule has 0 saturated carbocycles. The van der Waals surface area contributed by atoms with Crippen molar-refractivity contribution in [2.24, 2.45) is 0 Å². The lowest BCUT2D eigenvalue weighted by atomic mass is 10.1. The summed E-state index contributed by atoms with van der Waals surface area (Å²) in [6, 6.07) is 29.8. The summed E-state index contributed by atoms with van der Waals surface area (Å²) >= 11 is 0. The number of carbonyl (C=O) groups is 2. The van der Waals surface area contributed by atoms with Gasteiger partial charge in [0.15, 0.2) is 0 Å². The van der Waals surface area contributed by atoms with Crippen LogP contribution in [0.25, 0.3) is 21.5 Å². The molecule has 2 fully saturated rings. The number of fused-ring (bicyclic) bond motifs is 2. The number of esters is 2. The van der Waals surface area contributed by atoms with E-state index in [1.54, 1.807) is 0 Å². The zero-order valence-electron chi connectivity index (χ0n) is 26.5. The minimum absolute atomic E-state index is 0.301. The van der Waals surface area contributed by atoms with Crippen molar-refractivity contribution in [3.05, 3.63) is 96.1 Å². The van der Waals surface area contributed by atoms with Crippen molar-refractivity contribution in [2.45, 2.75) is 37.9 Å². The lowest BCUT2D eigenvalue weighted by molar-refractivity contribution is -0.173. The summed E-state index contributed by atoms with van der Waals surface area (Å²) in [5, 5.41) is 4.99. The standard InChI is InChI=1S/C38H44N2O6/c41-37(45-35-13-17-39(27-35)19-23-43-21-15-29-9-11-31-5-1-3-7-33(31)25-29)38(42)46-36-14-18-40(28-36)20-24-44-22-16-30-10-12-32-6-2-4-8-34(32)26-30/h1-12,25-26,35-36H,13-24,27-28H2. The van der Waals surface area contributed by atoms with Gasteiger partial charge < -0.3 is 18.9 Å². The molecule has 2 heterocycles. The fourth-order valence-electron chi connectivity index (χ4n) is 6.35. The SMILES string of the molecule is O=C(OC1CCN(CCOCCc2ccc3ccccc3c2)C1)C(=O)OC1CCN(CCOCCc2ccc3ccccc3c2)C1. The molecule has 0 aromatic heterocycles. The highest BCUT2D eigenvalue weighted by molar-refractivity contribution is 6.29. The van der Waals surface area contributed by atoms with Crippen LogP contribution in [0.5, 0.6) is 0 Å². The van der Waals surface area contributed by atoms with Crippen molar-refractivity contribution < 1.29 is 28.5 Å². The zero-order chi connectivity index (χ0) is 31.6. The number of likely N-dealkylation sites (tertiary alicyclic amines) is 2. The largest absolute Gasteiger partial charge is 0.453 e. The summed E-state index contributed by atoms with van der Waals surface area (Å²) < 4.78 is 22.7. The Balaban J connectivity index is 0.800. The average molecular weight is 625 g/mol. The predicted molar refractivity (Wildman–Crippen MR) is 179 cm³/mol. The van der Waals surface area contributed by atoms with Gasteiger partial charge in [0.05, 0.1) is 26.4 Å². The molecule has 0 aliphatic carbocycles. The summed E-state index contributed by atoms with van der Waals surface area (Å²) in [7, 11) is 0. The average Bonchev–Trinajstić information content (AvgIpc) is 3.73. The number of benzene rings is 4. The summed E-state index contributed by atoms with van der Waals surface area (Å²) in [5.41, 5.74) is 2.53. The summed E-state index contributed by atoms with van der Waals surface area (Å²) in [5.74, 6) is -1.79. The van der Waals surface area contributed by atoms with Crippen LogP contribution in [0.4, 0.5) is 0 Å². The number of rotatable bonds is 14. The topological polar surface area (TPSA) is 77.5 Å². The van der Waals surface area contributed by atoms with Gasteiger partial charge in [-0.15, -0.1) is 0 Å². The van der Waals surface area contributed by atoms with E-state index in [9.17, 15) is 9.59 Å². The maximum Gasteiger partial charge on any atom is 0.417 e. The molecule has 2 aliphatic heterocycles. The highest BCUT2D eigenvalue weighted by Gasteiger charge is 2.32. The minimum atomic E-state index is -0.894. The van der Waals surface area contributed by atoms with E-state index in [1.807, 2.05) is 0 Å². The summed E-state index contributed by atoms with van der Waals surface area (Å²) in [6.45, 7) is 6.90. The second kappa shape index (κ2) is 16.1. The summed E-state index contributed by atoms with van der Waals surface area (Å²) in [6.07, 6.45) is 2.54. The van der Waals surface area contributed by atoms with Gasteiger partial charge in [-0.2, -0.15) is 0 Å². The second-order valence-corrected chi connectivity index (χ2v) is 12.3. The molecule has 0 radical (unpaired) electrons. The maximum absolute atomic E-state index is 12.5. The molecule has 4 aromatic rings. The van der Waals surface area contributed by atoms with Crippen LogP contribution >= 0.6 is 0 Å². The quantitative estimate of drug-likeness (QED) is 0.110. The Morgan fingerprint density at radius 3 is 1.46 bits per heavy atom. The van der Waals surface area contributed by atoms with Gasteiger partial charge in [0.1, 0.15) is 12.2 Å². The van der Waals surface area contributed by atoms with Crippen molar-refractivity contribution in [1.82, 2.24) is 9.80 Å². The maximum atomic E-state index is 12.5. The minimum Gasteiger partial charge on any atom is -0.453 e. The fourth-order valence-corrected chi connectivity index (χ4v) is 6.35. The van der Waals surface area contributed by atoms with Gasteiger partial charge in [-0.05, 0) is 58.4 Å². The van der Waals surface area contributed by atoms with Gasteiger partial charge in [-0.25, -0.2) is 9.59 Å². The molecular weight excluding hydrogens is 580 g/mol. The van der Waals surface area contributed by atoms with Crippen LogP contribution in [0, 0.1) is 0 Å². The lowest BCUT2D eigenvalue weighted by Crippen LogP contribution is -2.33. The highest BCUT2D eigenvalue weighted by atomic mass is 16.6. The van der Waals surface area contributed by atoms with Crippen LogP contribution in [0.3, 0.4) is 0 Å². The third-order valence-corrected chi connectivity index (χ3v) is 8.97. The van der Waals surface area contributed by atoms with Crippen molar-refractivity contribution in [1.29, 1.82) is 0 Å². The van der Waals surface area contributed by atoms with Gasteiger partial charge in [0.2, 0.25) is 0 Å². The van der Waals surface area contributed by atoms with E-state index in [0.29, 0.717) is 52.4 Å². The molecule has 4 aromatic carbocycles. The Morgan fingerprint density at radius 2 is 1.00 bits per heavy atom. The Labute approximate surface area is 271 Å². The molecule has 0 amide bonds. The van der Waals surface area contributed by atoms with Gasteiger partial charge in [0.25, 0.3) is 0 Å². The van der Waals surface area contributed by atoms with Crippen molar-refractivity contribution in [3.8, 4) is 0 Å². The third-order valence-electron chi connectivity index (χ3n) is 8.97. The van der Waals surface area contributed by atoms with Crippen LogP contribution in [0.2, 0.25) is 0 Å². The van der Waals surface area contributed by atoms with Gasteiger partial charge in [-0.3, -0.25) is 9.80 Å². The Kier molecular flexibility index (Phi) is 11.3. The zero-order valence-corrected chi connectivity index (χ0v) is 26.5. The first-order valence-corrected chi connectivity index (χ1v) is 16.6. The number of carbonyl (C=O) groups excluding carboxylic acids is 2. The van der Waals surface area contributed by atoms with E-state index in [4.69, 9.17) is 18.9 Å². The molecule has 242 valence electrons. The summed E-state index contributed by atoms with van der Waals surface area (Å²) in [4.78, 5) is 29.3. The molecule has 46 heavy (non-hydrogen) atoms. The van der Waals surface area contributed by atoms with Crippen LogP contribution in [-0.2, 0) is 41.4 Å². The Hall–Kier alpha value is -3.82. The molecule has 8 heteroatoms. The number of hydrogen-bond acceptors (Lipinski definition) is 8. The molecule has 8 nitrogen and oxygen atoms in total. The van der Waals surface area contributed by atoms with Crippen LogP contribution in [0.15, 0.2) is 84.9 Å². The molecule has 0 N–H and O–H groups in total. The third kappa shape index (κ3) is 9.13. The lowest BCUT2D eigenvalue weighted by Gasteiger charge is -2.17.